The molecule has 3 aromatic rings. The Labute approximate surface area is 301 Å². The molecule has 0 bridgehead atoms. The fraction of sp³-hybridized carbons (Fsp3) is 0.444. The van der Waals surface area contributed by atoms with E-state index in [9.17, 15) is 24.0 Å². The van der Waals surface area contributed by atoms with Crippen molar-refractivity contribution < 1.29 is 38.2 Å². The second kappa shape index (κ2) is 22.0. The molecule has 3 rings (SSSR count). The summed E-state index contributed by atoms with van der Waals surface area (Å²) < 4.78 is 10.6. The molecule has 51 heavy (non-hydrogen) atoms. The number of aryl methyl sites for hydroxylation is 1. The number of ether oxygens (including phenoxy) is 1. The Morgan fingerprint density at radius 1 is 0.902 bits per heavy atom. The van der Waals surface area contributed by atoms with Gasteiger partial charge < -0.3 is 41.3 Å². The number of thioether (sulfide) groups is 1. The Morgan fingerprint density at radius 2 is 1.55 bits per heavy atom. The average Bonchev–Trinajstić information content (AvgIpc) is 3.07. The topological polar surface area (TPSA) is 219 Å². The van der Waals surface area contributed by atoms with Gasteiger partial charge in [-0.05, 0) is 80.3 Å². The fourth-order valence-corrected chi connectivity index (χ4v) is 5.33. The lowest BCUT2D eigenvalue weighted by atomic mass is 10.0. The third-order valence-electron chi connectivity index (χ3n) is 7.48. The average molecular weight is 728 g/mol. The van der Waals surface area contributed by atoms with Gasteiger partial charge in [0, 0.05) is 30.1 Å². The van der Waals surface area contributed by atoms with Crippen LogP contribution in [0.1, 0.15) is 57.6 Å². The summed E-state index contributed by atoms with van der Waals surface area (Å²) in [7, 11) is 0. The van der Waals surface area contributed by atoms with E-state index in [0.717, 1.165) is 23.4 Å². The summed E-state index contributed by atoms with van der Waals surface area (Å²) in [5, 5.41) is 19.2. The lowest BCUT2D eigenvalue weighted by Gasteiger charge is -2.26. The number of carbonyl (C=O) groups excluding carboxylic acids is 4. The van der Waals surface area contributed by atoms with Crippen LogP contribution in [-0.4, -0.2) is 71.6 Å². The maximum atomic E-state index is 13.6. The number of amides is 4. The zero-order valence-electron chi connectivity index (χ0n) is 29.7. The predicted octanol–water partition coefficient (Wildman–Crippen LogP) is 3.93. The minimum Gasteiger partial charge on any atom is -0.481 e. The summed E-state index contributed by atoms with van der Waals surface area (Å²) in [5.74, 6) is -2.12. The van der Waals surface area contributed by atoms with Gasteiger partial charge in [0.1, 0.15) is 30.3 Å². The van der Waals surface area contributed by atoms with E-state index < -0.39 is 53.5 Å². The maximum Gasteiger partial charge on any atom is 0.408 e. The molecular weight excluding hydrogens is 678 g/mol. The lowest BCUT2D eigenvalue weighted by Crippen LogP contribution is -2.57. The summed E-state index contributed by atoms with van der Waals surface area (Å²) in [6.07, 6.45) is 2.92. The van der Waals surface area contributed by atoms with E-state index in [1.807, 2.05) is 36.6 Å². The van der Waals surface area contributed by atoms with Crippen LogP contribution in [0.3, 0.4) is 0 Å². The normalized spacial score (nSPS) is 12.5. The number of nitrogens with two attached hydrogens (primary N) is 1. The first-order chi connectivity index (χ1) is 24.2. The van der Waals surface area contributed by atoms with Gasteiger partial charge >= 0.3 is 11.7 Å². The van der Waals surface area contributed by atoms with Gasteiger partial charge in [0.15, 0.2) is 0 Å². The van der Waals surface area contributed by atoms with Crippen molar-refractivity contribution in [3.05, 3.63) is 76.1 Å². The van der Waals surface area contributed by atoms with E-state index in [1.54, 1.807) is 39.0 Å². The number of carbonyl (C=O) groups is 5. The Balaban J connectivity index is 0.00000213. The fourth-order valence-electron chi connectivity index (χ4n) is 4.86. The van der Waals surface area contributed by atoms with Crippen molar-refractivity contribution in [2.75, 3.05) is 23.9 Å². The molecule has 0 fully saturated rings. The van der Waals surface area contributed by atoms with Crippen LogP contribution in [0.2, 0.25) is 0 Å². The summed E-state index contributed by atoms with van der Waals surface area (Å²) in [4.78, 5) is 73.9. The number of carboxylic acid groups (broad SMARTS) is 1. The number of fused-ring (bicyclic) bond motifs is 1. The molecule has 15 heteroatoms. The molecule has 2 aromatic carbocycles. The Hall–Kier alpha value is -4.89. The number of nitrogens with one attached hydrogen (secondary N) is 4. The quantitative estimate of drug-likeness (QED) is 0.0864. The summed E-state index contributed by atoms with van der Waals surface area (Å²) in [6, 6.07) is 12.7. The Bertz CT molecular complexity index is 1660. The summed E-state index contributed by atoms with van der Waals surface area (Å²) in [5.41, 5.74) is 7.46. The molecule has 0 unspecified atom stereocenters. The van der Waals surface area contributed by atoms with Gasteiger partial charge in [-0.3, -0.25) is 19.2 Å². The van der Waals surface area contributed by atoms with Crippen molar-refractivity contribution in [3.63, 3.8) is 0 Å². The Kier molecular flexibility index (Phi) is 18.3. The largest absolute Gasteiger partial charge is 0.481 e. The first-order valence-electron chi connectivity index (χ1n) is 16.6. The molecule has 0 saturated carbocycles. The molecule has 0 radical (unpaired) electrons. The number of aliphatic carboxylic acids is 1. The molecule has 1 aromatic heterocycles. The number of anilines is 1. The van der Waals surface area contributed by atoms with E-state index in [-0.39, 0.29) is 18.9 Å². The molecule has 1 heterocycles. The van der Waals surface area contributed by atoms with Crippen molar-refractivity contribution in [2.45, 2.75) is 78.1 Å². The van der Waals surface area contributed by atoms with Gasteiger partial charge in [-0.15, -0.1) is 0 Å². The number of alkyl carbamates (subject to hydrolysis) is 1. The predicted molar refractivity (Wildman–Crippen MR) is 197 cm³/mol. The number of carboxylic acids is 1. The van der Waals surface area contributed by atoms with Crippen LogP contribution in [-0.2, 0) is 30.5 Å². The highest BCUT2D eigenvalue weighted by atomic mass is 32.2. The zero-order valence-corrected chi connectivity index (χ0v) is 30.5. The van der Waals surface area contributed by atoms with Crippen LogP contribution in [0, 0.1) is 12.8 Å². The third-order valence-corrected chi connectivity index (χ3v) is 8.12. The van der Waals surface area contributed by atoms with Gasteiger partial charge in [-0.2, -0.15) is 11.8 Å². The first kappa shape index (κ1) is 42.3. The molecule has 14 nitrogen and oxygen atoms in total. The highest BCUT2D eigenvalue weighted by Crippen LogP contribution is 2.21. The lowest BCUT2D eigenvalue weighted by molar-refractivity contribution is -0.134. The molecule has 4 amide bonds. The van der Waals surface area contributed by atoms with Crippen molar-refractivity contribution in [1.29, 1.82) is 0 Å². The van der Waals surface area contributed by atoms with Gasteiger partial charge in [-0.25, -0.2) is 9.59 Å². The van der Waals surface area contributed by atoms with Crippen LogP contribution in [0.15, 0.2) is 63.8 Å². The van der Waals surface area contributed by atoms with Crippen molar-refractivity contribution in [2.24, 2.45) is 11.7 Å². The second-order valence-electron chi connectivity index (χ2n) is 12.1. The van der Waals surface area contributed by atoms with Crippen LogP contribution in [0.25, 0.3) is 11.0 Å². The van der Waals surface area contributed by atoms with E-state index in [2.05, 4.69) is 21.3 Å². The van der Waals surface area contributed by atoms with E-state index in [1.165, 1.54) is 17.8 Å². The van der Waals surface area contributed by atoms with Gasteiger partial charge in [0.2, 0.25) is 17.7 Å². The molecule has 7 N–H and O–H groups in total. The van der Waals surface area contributed by atoms with E-state index in [4.69, 9.17) is 24.8 Å². The Morgan fingerprint density at radius 3 is 2.18 bits per heavy atom. The number of benzene rings is 2. The van der Waals surface area contributed by atoms with Crippen LogP contribution in [0.4, 0.5) is 10.5 Å². The van der Waals surface area contributed by atoms with Gasteiger partial charge in [0.05, 0.1) is 0 Å². The van der Waals surface area contributed by atoms with Crippen LogP contribution in [0.5, 0.6) is 0 Å². The summed E-state index contributed by atoms with van der Waals surface area (Å²) in [6.45, 7) is 6.87. The standard InChI is InChI=1S/C34H45N5O7S.C2H4O2/c1-21(2)30(39-34(44)45-20-23-10-6-5-7-11-23)33(43)38-26(12-8-9-16-35)32(42)37-27(15-17-47-4)31(41)36-24-13-14-25-22(3)18-29(40)46-28(25)19-24;1-2(3)4/h5-7,10-11,13-14,18-19,21,26-27,30H,8-9,12,15-17,20,35H2,1-4H3,(H,36,41)(H,37,42)(H,38,43)(H,39,44);1H3,(H,3,4)/t26-,27-,30-;/m0./s1. The van der Waals surface area contributed by atoms with E-state index >= 15 is 0 Å². The van der Waals surface area contributed by atoms with Gasteiger partial charge in [-0.1, -0.05) is 44.2 Å². The molecule has 3 atom stereocenters. The molecule has 0 spiro atoms. The monoisotopic (exact) mass is 727 g/mol. The van der Waals surface area contributed by atoms with Crippen molar-refractivity contribution in [3.8, 4) is 0 Å². The molecule has 0 saturated heterocycles. The maximum absolute atomic E-state index is 13.6. The molecule has 0 aliphatic rings. The minimum atomic E-state index is -0.986. The van der Waals surface area contributed by atoms with Crippen LogP contribution >= 0.6 is 11.8 Å². The summed E-state index contributed by atoms with van der Waals surface area (Å²) >= 11 is 1.52. The van der Waals surface area contributed by atoms with Crippen molar-refractivity contribution >= 4 is 58.2 Å². The molecule has 278 valence electrons. The highest BCUT2D eigenvalue weighted by Gasteiger charge is 2.31. The molecule has 0 aliphatic carbocycles. The minimum absolute atomic E-state index is 0.0377. The number of hydrogen-bond donors (Lipinski definition) is 6. The number of hydrogen-bond acceptors (Lipinski definition) is 10. The number of rotatable bonds is 17. The highest BCUT2D eigenvalue weighted by molar-refractivity contribution is 7.98. The SMILES string of the molecule is CC(=O)O.CSCC[C@H](NC(=O)[C@H](CCCCN)NC(=O)[C@@H](NC(=O)OCc1ccccc1)C(C)C)C(=O)Nc1ccc2c(C)cc(=O)oc2c1. The molecule has 0 aliphatic heterocycles. The van der Waals surface area contributed by atoms with Gasteiger partial charge in [0.25, 0.3) is 5.97 Å². The second-order valence-corrected chi connectivity index (χ2v) is 13.1. The van der Waals surface area contributed by atoms with Crippen LogP contribution < -0.4 is 32.6 Å². The number of unbranched alkanes of at least 4 members (excludes halogenated alkanes) is 1. The third kappa shape index (κ3) is 15.3. The van der Waals surface area contributed by atoms with Crippen molar-refractivity contribution in [1.82, 2.24) is 16.0 Å². The molecular formula is C36H49N5O9S. The zero-order chi connectivity index (χ0) is 37.9. The first-order valence-corrected chi connectivity index (χ1v) is 18.0. The van der Waals surface area contributed by atoms with E-state index in [0.29, 0.717) is 42.8 Å². The smallest absolute Gasteiger partial charge is 0.408 e.